The fourth-order valence-corrected chi connectivity index (χ4v) is 6.53. The van der Waals surface area contributed by atoms with E-state index >= 15 is 0 Å². The van der Waals surface area contributed by atoms with Gasteiger partial charge in [0.2, 0.25) is 0 Å². The van der Waals surface area contributed by atoms with E-state index in [-0.39, 0.29) is 22.6 Å². The fourth-order valence-electron chi connectivity index (χ4n) is 4.18. The summed E-state index contributed by atoms with van der Waals surface area (Å²) in [6.45, 7) is 0. The number of aromatic nitrogens is 2. The van der Waals surface area contributed by atoms with Gasteiger partial charge in [0.15, 0.2) is 9.84 Å². The van der Waals surface area contributed by atoms with Crippen molar-refractivity contribution in [3.63, 3.8) is 0 Å². The summed E-state index contributed by atoms with van der Waals surface area (Å²) in [6.07, 6.45) is 5.30. The Morgan fingerprint density at radius 2 is 2.10 bits per heavy atom. The lowest BCUT2D eigenvalue weighted by Crippen LogP contribution is -2.39. The first kappa shape index (κ1) is 19.8. The zero-order valence-electron chi connectivity index (χ0n) is 16.6. The molecule has 8 heteroatoms. The lowest BCUT2D eigenvalue weighted by atomic mass is 9.81. The van der Waals surface area contributed by atoms with Crippen LogP contribution in [0.25, 0.3) is 21.5 Å². The van der Waals surface area contributed by atoms with E-state index in [0.29, 0.717) is 5.56 Å². The summed E-state index contributed by atoms with van der Waals surface area (Å²) in [6, 6.07) is 14.7. The molecule has 1 fully saturated rings. The van der Waals surface area contributed by atoms with E-state index in [1.54, 1.807) is 35.7 Å². The molecular weight excluding hydrogens is 428 g/mol. The second kappa shape index (κ2) is 7.84. The fraction of sp³-hybridized carbons (Fsp3) is 0.217. The normalized spacial score (nSPS) is 18.4. The molecule has 1 aliphatic rings. The topological polar surface area (TPSA) is 98.6 Å². The molecule has 0 radical (unpaired) electrons. The number of H-pyrrole nitrogens is 1. The van der Waals surface area contributed by atoms with Gasteiger partial charge in [-0.15, -0.1) is 11.3 Å². The minimum absolute atomic E-state index is 0.0991. The van der Waals surface area contributed by atoms with Crippen molar-refractivity contribution in [2.24, 2.45) is 5.92 Å². The number of hydrogen-bond donors (Lipinski definition) is 2. The lowest BCUT2D eigenvalue weighted by molar-refractivity contribution is 0.311. The predicted molar refractivity (Wildman–Crippen MR) is 123 cm³/mol. The minimum Gasteiger partial charge on any atom is -0.381 e. The van der Waals surface area contributed by atoms with Gasteiger partial charge in [0.25, 0.3) is 0 Å². The zero-order chi connectivity index (χ0) is 21.4. The SMILES string of the molecule is N#Cc1cccc(S(=O)(=O)CC2CC(Nc3c(-c4nccs4)ccc4[nH]ccc34)C2)c1. The van der Waals surface area contributed by atoms with Crippen molar-refractivity contribution >= 4 is 37.8 Å². The second-order valence-corrected chi connectivity index (χ2v) is 10.8. The maximum absolute atomic E-state index is 12.8. The average molecular weight is 449 g/mol. The molecule has 5 rings (SSSR count). The van der Waals surface area contributed by atoms with Crippen LogP contribution in [-0.4, -0.2) is 30.2 Å². The molecular formula is C23H20N4O2S2. The number of nitriles is 1. The van der Waals surface area contributed by atoms with Gasteiger partial charge in [0.05, 0.1) is 28.0 Å². The predicted octanol–water partition coefficient (Wildman–Crippen LogP) is 4.83. The van der Waals surface area contributed by atoms with Crippen molar-refractivity contribution in [3.05, 3.63) is 65.8 Å². The molecule has 1 saturated carbocycles. The van der Waals surface area contributed by atoms with Crippen molar-refractivity contribution in [1.29, 1.82) is 5.26 Å². The Morgan fingerprint density at radius 3 is 2.87 bits per heavy atom. The van der Waals surface area contributed by atoms with Gasteiger partial charge in [-0.05, 0) is 55.2 Å². The molecule has 2 heterocycles. The lowest BCUT2D eigenvalue weighted by Gasteiger charge is -2.37. The monoisotopic (exact) mass is 448 g/mol. The Kier molecular flexibility index (Phi) is 5.00. The summed E-state index contributed by atoms with van der Waals surface area (Å²) in [5.74, 6) is 0.204. The van der Waals surface area contributed by atoms with Gasteiger partial charge in [0.1, 0.15) is 5.01 Å². The van der Waals surface area contributed by atoms with Gasteiger partial charge in [-0.3, -0.25) is 0 Å². The molecule has 0 unspecified atom stereocenters. The molecule has 156 valence electrons. The van der Waals surface area contributed by atoms with Crippen LogP contribution < -0.4 is 5.32 Å². The number of nitrogens with one attached hydrogen (secondary N) is 2. The van der Waals surface area contributed by atoms with Crippen LogP contribution in [0.15, 0.2) is 65.1 Å². The highest BCUT2D eigenvalue weighted by molar-refractivity contribution is 7.91. The standard InChI is InChI=1S/C23H20N4O2S2/c24-13-15-2-1-3-18(12-15)31(28,29)14-16-10-17(11-16)27-22-19-6-7-25-21(19)5-4-20(22)23-26-8-9-30-23/h1-9,12,16-17,25,27H,10-11,14H2. The molecule has 0 aliphatic heterocycles. The third kappa shape index (κ3) is 3.82. The first-order valence-corrected chi connectivity index (χ1v) is 12.6. The van der Waals surface area contributed by atoms with Crippen LogP contribution in [0, 0.1) is 17.2 Å². The largest absolute Gasteiger partial charge is 0.381 e. The Hall–Kier alpha value is -3.15. The van der Waals surface area contributed by atoms with E-state index < -0.39 is 9.84 Å². The first-order valence-electron chi connectivity index (χ1n) is 10.0. The number of thiazole rings is 1. The molecule has 4 aromatic rings. The van der Waals surface area contributed by atoms with Gasteiger partial charge in [-0.25, -0.2) is 13.4 Å². The van der Waals surface area contributed by atoms with Gasteiger partial charge < -0.3 is 10.3 Å². The number of sulfone groups is 1. The molecule has 0 bridgehead atoms. The number of hydrogen-bond acceptors (Lipinski definition) is 6. The van der Waals surface area contributed by atoms with Crippen molar-refractivity contribution in [2.45, 2.75) is 23.8 Å². The first-order chi connectivity index (χ1) is 15.0. The van der Waals surface area contributed by atoms with E-state index in [9.17, 15) is 8.42 Å². The van der Waals surface area contributed by atoms with Crippen LogP contribution in [0.3, 0.4) is 0 Å². The van der Waals surface area contributed by atoms with Crippen LogP contribution >= 0.6 is 11.3 Å². The Balaban J connectivity index is 1.31. The van der Waals surface area contributed by atoms with Gasteiger partial charge in [-0.1, -0.05) is 6.07 Å². The van der Waals surface area contributed by atoms with Crippen LogP contribution in [0.5, 0.6) is 0 Å². The van der Waals surface area contributed by atoms with Crippen LogP contribution in [-0.2, 0) is 9.84 Å². The quantitative estimate of drug-likeness (QED) is 0.440. The summed E-state index contributed by atoms with van der Waals surface area (Å²) < 4.78 is 25.6. The molecule has 2 N–H and O–H groups in total. The number of aromatic amines is 1. The van der Waals surface area contributed by atoms with Crippen molar-refractivity contribution in [3.8, 4) is 16.6 Å². The van der Waals surface area contributed by atoms with Crippen molar-refractivity contribution in [1.82, 2.24) is 9.97 Å². The number of benzene rings is 2. The Bertz CT molecular complexity index is 1380. The zero-order valence-corrected chi connectivity index (χ0v) is 18.2. The van der Waals surface area contributed by atoms with E-state index in [4.69, 9.17) is 5.26 Å². The van der Waals surface area contributed by atoms with Crippen LogP contribution in [0.2, 0.25) is 0 Å². The molecule has 1 aliphatic carbocycles. The molecule has 0 atom stereocenters. The average Bonchev–Trinajstić information content (AvgIpc) is 3.44. The Morgan fingerprint density at radius 1 is 1.23 bits per heavy atom. The minimum atomic E-state index is -3.41. The third-order valence-corrected chi connectivity index (χ3v) is 8.45. The highest BCUT2D eigenvalue weighted by atomic mass is 32.2. The van der Waals surface area contributed by atoms with E-state index in [2.05, 4.69) is 33.5 Å². The number of anilines is 1. The highest BCUT2D eigenvalue weighted by Gasteiger charge is 2.34. The maximum Gasteiger partial charge on any atom is 0.178 e. The number of nitrogens with zero attached hydrogens (tertiary/aromatic N) is 2. The van der Waals surface area contributed by atoms with Crippen molar-refractivity contribution in [2.75, 3.05) is 11.1 Å². The highest BCUT2D eigenvalue weighted by Crippen LogP contribution is 2.39. The summed E-state index contributed by atoms with van der Waals surface area (Å²) >= 11 is 1.60. The molecule has 0 spiro atoms. The van der Waals surface area contributed by atoms with E-state index in [1.165, 1.54) is 6.07 Å². The van der Waals surface area contributed by atoms with Crippen LogP contribution in [0.4, 0.5) is 5.69 Å². The van der Waals surface area contributed by atoms with E-state index in [1.807, 2.05) is 17.6 Å². The molecule has 0 saturated heterocycles. The van der Waals surface area contributed by atoms with E-state index in [0.717, 1.165) is 40.0 Å². The molecule has 6 nitrogen and oxygen atoms in total. The summed E-state index contributed by atoms with van der Waals surface area (Å²) in [4.78, 5) is 7.94. The summed E-state index contributed by atoms with van der Waals surface area (Å²) in [5, 5.41) is 16.7. The smallest absolute Gasteiger partial charge is 0.178 e. The molecule has 31 heavy (non-hydrogen) atoms. The third-order valence-electron chi connectivity index (χ3n) is 5.76. The van der Waals surface area contributed by atoms with Gasteiger partial charge in [-0.2, -0.15) is 5.26 Å². The van der Waals surface area contributed by atoms with Crippen molar-refractivity contribution < 1.29 is 8.42 Å². The summed E-state index contributed by atoms with van der Waals surface area (Å²) in [5.41, 5.74) is 3.52. The summed E-state index contributed by atoms with van der Waals surface area (Å²) in [7, 11) is -3.41. The van der Waals surface area contributed by atoms with Crippen LogP contribution in [0.1, 0.15) is 18.4 Å². The molecule has 2 aromatic carbocycles. The Labute approximate surface area is 184 Å². The van der Waals surface area contributed by atoms with Gasteiger partial charge >= 0.3 is 0 Å². The number of fused-ring (bicyclic) bond motifs is 1. The maximum atomic E-state index is 12.8. The molecule has 2 aromatic heterocycles. The molecule has 0 amide bonds. The number of rotatable bonds is 6. The van der Waals surface area contributed by atoms with Gasteiger partial charge in [0, 0.05) is 40.3 Å². The second-order valence-electron chi connectivity index (χ2n) is 7.86.